The van der Waals surface area contributed by atoms with Crippen LogP contribution in [0.4, 0.5) is 0 Å². The SMILES string of the molecule is CCC(N)C(=O)c1ccc(Br)cc1. The van der Waals surface area contributed by atoms with Crippen LogP contribution in [-0.4, -0.2) is 11.8 Å². The molecule has 0 radical (unpaired) electrons. The van der Waals surface area contributed by atoms with E-state index in [0.717, 1.165) is 4.47 Å². The summed E-state index contributed by atoms with van der Waals surface area (Å²) in [6.07, 6.45) is 0.675. The first-order valence-electron chi connectivity index (χ1n) is 4.20. The Morgan fingerprint density at radius 3 is 2.46 bits per heavy atom. The van der Waals surface area contributed by atoms with E-state index in [-0.39, 0.29) is 11.8 Å². The molecule has 0 saturated carbocycles. The number of halogens is 1. The zero-order valence-corrected chi connectivity index (χ0v) is 9.04. The van der Waals surface area contributed by atoms with E-state index in [1.807, 2.05) is 19.1 Å². The van der Waals surface area contributed by atoms with Crippen LogP contribution in [0.5, 0.6) is 0 Å². The summed E-state index contributed by atoms with van der Waals surface area (Å²) in [5.41, 5.74) is 6.30. The highest BCUT2D eigenvalue weighted by atomic mass is 79.9. The highest BCUT2D eigenvalue weighted by Gasteiger charge is 2.12. The van der Waals surface area contributed by atoms with E-state index in [2.05, 4.69) is 15.9 Å². The van der Waals surface area contributed by atoms with Crippen molar-refractivity contribution in [3.8, 4) is 0 Å². The Morgan fingerprint density at radius 2 is 2.00 bits per heavy atom. The number of nitrogens with two attached hydrogens (primary N) is 1. The van der Waals surface area contributed by atoms with Crippen molar-refractivity contribution in [1.29, 1.82) is 0 Å². The van der Waals surface area contributed by atoms with Crippen LogP contribution >= 0.6 is 15.9 Å². The lowest BCUT2D eigenvalue weighted by Gasteiger charge is -2.06. The summed E-state index contributed by atoms with van der Waals surface area (Å²) >= 11 is 3.31. The third-order valence-electron chi connectivity index (χ3n) is 1.91. The van der Waals surface area contributed by atoms with Crippen molar-refractivity contribution >= 4 is 21.7 Å². The van der Waals surface area contributed by atoms with Crippen LogP contribution in [0.1, 0.15) is 23.7 Å². The van der Waals surface area contributed by atoms with Gasteiger partial charge in [0, 0.05) is 10.0 Å². The predicted molar refractivity (Wildman–Crippen MR) is 56.7 cm³/mol. The van der Waals surface area contributed by atoms with E-state index in [1.165, 1.54) is 0 Å². The van der Waals surface area contributed by atoms with Gasteiger partial charge in [-0.2, -0.15) is 0 Å². The second-order valence-corrected chi connectivity index (χ2v) is 3.80. The lowest BCUT2D eigenvalue weighted by Crippen LogP contribution is -2.29. The highest BCUT2D eigenvalue weighted by molar-refractivity contribution is 9.10. The molecule has 2 N–H and O–H groups in total. The zero-order chi connectivity index (χ0) is 9.84. The quantitative estimate of drug-likeness (QED) is 0.827. The average Bonchev–Trinajstić information content (AvgIpc) is 2.17. The van der Waals surface area contributed by atoms with E-state index in [1.54, 1.807) is 12.1 Å². The molecule has 0 aliphatic heterocycles. The van der Waals surface area contributed by atoms with Crippen molar-refractivity contribution in [2.24, 2.45) is 5.73 Å². The molecular weight excluding hydrogens is 230 g/mol. The summed E-state index contributed by atoms with van der Waals surface area (Å²) in [6, 6.07) is 6.87. The topological polar surface area (TPSA) is 43.1 Å². The van der Waals surface area contributed by atoms with E-state index in [9.17, 15) is 4.79 Å². The summed E-state index contributed by atoms with van der Waals surface area (Å²) in [7, 11) is 0. The van der Waals surface area contributed by atoms with Gasteiger partial charge in [0.25, 0.3) is 0 Å². The number of Topliss-reactive ketones (excluding diaryl/α,β-unsaturated/α-hetero) is 1. The van der Waals surface area contributed by atoms with Gasteiger partial charge in [-0.05, 0) is 18.6 Å². The van der Waals surface area contributed by atoms with Gasteiger partial charge in [0.05, 0.1) is 6.04 Å². The molecule has 0 spiro atoms. The number of carbonyl (C=O) groups is 1. The van der Waals surface area contributed by atoms with Gasteiger partial charge in [-0.3, -0.25) is 4.79 Å². The standard InChI is InChI=1S/C10H12BrNO/c1-2-9(12)10(13)7-3-5-8(11)6-4-7/h3-6,9H,2,12H2,1H3. The zero-order valence-electron chi connectivity index (χ0n) is 7.46. The molecule has 1 aromatic rings. The van der Waals surface area contributed by atoms with Gasteiger partial charge >= 0.3 is 0 Å². The minimum atomic E-state index is -0.374. The number of hydrogen-bond acceptors (Lipinski definition) is 2. The fraction of sp³-hybridized carbons (Fsp3) is 0.300. The maximum absolute atomic E-state index is 11.5. The van der Waals surface area contributed by atoms with E-state index < -0.39 is 0 Å². The van der Waals surface area contributed by atoms with Crippen molar-refractivity contribution in [3.05, 3.63) is 34.3 Å². The molecule has 1 unspecified atom stereocenters. The molecule has 0 aliphatic rings. The van der Waals surface area contributed by atoms with Crippen molar-refractivity contribution in [1.82, 2.24) is 0 Å². The van der Waals surface area contributed by atoms with Gasteiger partial charge in [-0.25, -0.2) is 0 Å². The van der Waals surface area contributed by atoms with Crippen LogP contribution in [0.25, 0.3) is 0 Å². The highest BCUT2D eigenvalue weighted by Crippen LogP contribution is 2.12. The van der Waals surface area contributed by atoms with Gasteiger partial charge in [0.1, 0.15) is 0 Å². The lowest BCUT2D eigenvalue weighted by atomic mass is 10.0. The monoisotopic (exact) mass is 241 g/mol. The Labute approximate surface area is 86.3 Å². The number of ketones is 1. The third-order valence-corrected chi connectivity index (χ3v) is 2.43. The molecular formula is C10H12BrNO. The molecule has 1 rings (SSSR count). The molecule has 0 aliphatic carbocycles. The van der Waals surface area contributed by atoms with Crippen molar-refractivity contribution in [2.45, 2.75) is 19.4 Å². The molecule has 13 heavy (non-hydrogen) atoms. The maximum atomic E-state index is 11.5. The normalized spacial score (nSPS) is 12.5. The van der Waals surface area contributed by atoms with Gasteiger partial charge in [-0.1, -0.05) is 35.0 Å². The summed E-state index contributed by atoms with van der Waals surface area (Å²) in [4.78, 5) is 11.5. The molecule has 0 aromatic heterocycles. The van der Waals surface area contributed by atoms with E-state index in [4.69, 9.17) is 5.73 Å². The van der Waals surface area contributed by atoms with Crippen LogP contribution in [0.2, 0.25) is 0 Å². The Balaban J connectivity index is 2.83. The first-order chi connectivity index (χ1) is 6.15. The molecule has 2 nitrogen and oxygen atoms in total. The van der Waals surface area contributed by atoms with Crippen LogP contribution in [0.3, 0.4) is 0 Å². The second-order valence-electron chi connectivity index (χ2n) is 2.89. The van der Waals surface area contributed by atoms with Gasteiger partial charge < -0.3 is 5.73 Å². The number of carbonyl (C=O) groups excluding carboxylic acids is 1. The first kappa shape index (κ1) is 10.4. The second kappa shape index (κ2) is 4.53. The Bertz CT molecular complexity index is 294. The van der Waals surface area contributed by atoms with Crippen molar-refractivity contribution in [2.75, 3.05) is 0 Å². The fourth-order valence-electron chi connectivity index (χ4n) is 1.01. The molecule has 0 saturated heterocycles. The summed E-state index contributed by atoms with van der Waals surface area (Å²) in [5, 5.41) is 0. The fourth-order valence-corrected chi connectivity index (χ4v) is 1.28. The summed E-state index contributed by atoms with van der Waals surface area (Å²) < 4.78 is 0.967. The average molecular weight is 242 g/mol. The van der Waals surface area contributed by atoms with E-state index >= 15 is 0 Å². The molecule has 0 amide bonds. The predicted octanol–water partition coefficient (Wildman–Crippen LogP) is 2.37. The summed E-state index contributed by atoms with van der Waals surface area (Å²) in [5.74, 6) is 0.00926. The van der Waals surface area contributed by atoms with Crippen LogP contribution in [-0.2, 0) is 0 Å². The van der Waals surface area contributed by atoms with Gasteiger partial charge in [0.15, 0.2) is 5.78 Å². The molecule has 1 atom stereocenters. The van der Waals surface area contributed by atoms with Crippen molar-refractivity contribution < 1.29 is 4.79 Å². The Hall–Kier alpha value is -0.670. The van der Waals surface area contributed by atoms with Gasteiger partial charge in [0.2, 0.25) is 0 Å². The number of benzene rings is 1. The molecule has 0 fully saturated rings. The minimum absolute atomic E-state index is 0.00926. The largest absolute Gasteiger partial charge is 0.321 e. The molecule has 0 heterocycles. The van der Waals surface area contributed by atoms with Crippen LogP contribution < -0.4 is 5.73 Å². The van der Waals surface area contributed by atoms with Crippen LogP contribution in [0.15, 0.2) is 28.7 Å². The Morgan fingerprint density at radius 1 is 1.46 bits per heavy atom. The lowest BCUT2D eigenvalue weighted by molar-refractivity contribution is 0.0959. The molecule has 70 valence electrons. The van der Waals surface area contributed by atoms with Crippen LogP contribution in [0, 0.1) is 0 Å². The molecule has 3 heteroatoms. The van der Waals surface area contributed by atoms with Gasteiger partial charge in [-0.15, -0.1) is 0 Å². The smallest absolute Gasteiger partial charge is 0.179 e. The number of hydrogen-bond donors (Lipinski definition) is 1. The van der Waals surface area contributed by atoms with Crippen molar-refractivity contribution in [3.63, 3.8) is 0 Å². The number of rotatable bonds is 3. The summed E-state index contributed by atoms with van der Waals surface area (Å²) in [6.45, 7) is 1.90. The Kier molecular flexibility index (Phi) is 3.63. The molecule has 1 aromatic carbocycles. The third kappa shape index (κ3) is 2.64. The maximum Gasteiger partial charge on any atom is 0.179 e. The first-order valence-corrected chi connectivity index (χ1v) is 4.99. The minimum Gasteiger partial charge on any atom is -0.321 e. The van der Waals surface area contributed by atoms with E-state index in [0.29, 0.717) is 12.0 Å². The molecule has 0 bridgehead atoms.